The molecular weight excluding hydrogens is 499 g/mol. The van der Waals surface area contributed by atoms with Crippen LogP contribution in [0.25, 0.3) is 0 Å². The van der Waals surface area contributed by atoms with Crippen molar-refractivity contribution in [2.45, 2.75) is 17.9 Å². The molecule has 0 aliphatic carbocycles. The fourth-order valence-corrected chi connectivity index (χ4v) is 5.49. The quantitative estimate of drug-likeness (QED) is 0.481. The number of nitrogens with zero attached hydrogens (tertiary/aromatic N) is 1. The van der Waals surface area contributed by atoms with Crippen molar-refractivity contribution in [1.82, 2.24) is 5.32 Å². The molecule has 1 aliphatic heterocycles. The lowest BCUT2D eigenvalue weighted by atomic mass is 10.1. The van der Waals surface area contributed by atoms with Crippen LogP contribution in [-0.4, -0.2) is 34.1 Å². The Labute approximate surface area is 208 Å². The third kappa shape index (κ3) is 5.41. The zero-order valence-electron chi connectivity index (χ0n) is 18.2. The van der Waals surface area contributed by atoms with Crippen LogP contribution < -0.4 is 19.1 Å². The van der Waals surface area contributed by atoms with Gasteiger partial charge in [-0.25, -0.2) is 8.42 Å². The van der Waals surface area contributed by atoms with Gasteiger partial charge in [-0.2, -0.15) is 0 Å². The Morgan fingerprint density at radius 3 is 2.29 bits per heavy atom. The molecule has 0 unspecified atom stereocenters. The molecule has 0 saturated carbocycles. The molecule has 3 aromatic carbocycles. The van der Waals surface area contributed by atoms with E-state index >= 15 is 0 Å². The molecule has 0 radical (unpaired) electrons. The van der Waals surface area contributed by atoms with E-state index in [1.807, 2.05) is 6.07 Å². The fourth-order valence-electron chi connectivity index (χ4n) is 3.55. The van der Waals surface area contributed by atoms with Crippen molar-refractivity contribution in [3.05, 3.63) is 82.3 Å². The minimum atomic E-state index is -4.08. The Bertz CT molecular complexity index is 1280. The first kappa shape index (κ1) is 24.2. The summed E-state index contributed by atoms with van der Waals surface area (Å²) >= 11 is 12.2. The highest BCUT2D eigenvalue weighted by atomic mass is 35.5. The van der Waals surface area contributed by atoms with Gasteiger partial charge < -0.3 is 14.8 Å². The van der Waals surface area contributed by atoms with Gasteiger partial charge in [-0.3, -0.25) is 9.10 Å². The normalized spacial score (nSPS) is 13.7. The van der Waals surface area contributed by atoms with Gasteiger partial charge in [-0.15, -0.1) is 0 Å². The summed E-state index contributed by atoms with van der Waals surface area (Å²) in [5, 5.41) is 3.35. The molecule has 10 heteroatoms. The van der Waals surface area contributed by atoms with E-state index in [0.29, 0.717) is 24.7 Å². The van der Waals surface area contributed by atoms with Crippen molar-refractivity contribution in [2.75, 3.05) is 24.1 Å². The topological polar surface area (TPSA) is 84.9 Å². The second-order valence-corrected chi connectivity index (χ2v) is 10.4. The van der Waals surface area contributed by atoms with E-state index in [9.17, 15) is 13.2 Å². The zero-order valence-corrected chi connectivity index (χ0v) is 20.5. The number of amides is 1. The second kappa shape index (κ2) is 10.1. The fraction of sp³-hybridized carbons (Fsp3) is 0.208. The van der Waals surface area contributed by atoms with Crippen molar-refractivity contribution < 1.29 is 22.7 Å². The van der Waals surface area contributed by atoms with E-state index in [-0.39, 0.29) is 20.6 Å². The van der Waals surface area contributed by atoms with Crippen LogP contribution in [0.1, 0.15) is 18.5 Å². The molecule has 7 nitrogen and oxygen atoms in total. The van der Waals surface area contributed by atoms with Crippen LogP contribution in [0.4, 0.5) is 5.69 Å². The molecule has 0 bridgehead atoms. The van der Waals surface area contributed by atoms with Gasteiger partial charge in [0.25, 0.3) is 10.0 Å². The van der Waals surface area contributed by atoms with E-state index in [1.54, 1.807) is 37.3 Å². The van der Waals surface area contributed by atoms with Crippen molar-refractivity contribution in [3.63, 3.8) is 0 Å². The van der Waals surface area contributed by atoms with E-state index in [0.717, 1.165) is 9.87 Å². The highest BCUT2D eigenvalue weighted by Crippen LogP contribution is 2.33. The summed E-state index contributed by atoms with van der Waals surface area (Å²) in [6.45, 7) is 2.27. The first-order valence-electron chi connectivity index (χ1n) is 10.5. The first-order valence-corrected chi connectivity index (χ1v) is 12.7. The average molecular weight is 521 g/mol. The third-order valence-electron chi connectivity index (χ3n) is 5.20. The van der Waals surface area contributed by atoms with Crippen molar-refractivity contribution >= 4 is 44.8 Å². The lowest BCUT2D eigenvalue weighted by molar-refractivity contribution is -0.120. The summed E-state index contributed by atoms with van der Waals surface area (Å²) in [7, 11) is -4.08. The molecule has 1 aliphatic rings. The summed E-state index contributed by atoms with van der Waals surface area (Å²) in [6.07, 6.45) is 0. The molecule has 1 heterocycles. The third-order valence-corrected chi connectivity index (χ3v) is 7.42. The summed E-state index contributed by atoms with van der Waals surface area (Å²) < 4.78 is 39.0. The van der Waals surface area contributed by atoms with E-state index < -0.39 is 28.5 Å². The predicted octanol–water partition coefficient (Wildman–Crippen LogP) is 4.84. The zero-order chi connectivity index (χ0) is 24.3. The maximum absolute atomic E-state index is 13.4. The molecule has 1 amide bonds. The predicted molar refractivity (Wildman–Crippen MR) is 131 cm³/mol. The molecule has 0 fully saturated rings. The number of benzene rings is 3. The SMILES string of the molecule is C[C@@H](NC(=O)CN(c1cc(Cl)cc(Cl)c1)S(=O)(=O)c1ccccc1)c1ccc2c(c1)OCCO2. The standard InChI is InChI=1S/C24H22Cl2N2O5S/c1-16(17-7-8-22-23(11-17)33-10-9-32-22)27-24(29)15-28(20-13-18(25)12-19(26)14-20)34(30,31)21-5-3-2-4-6-21/h2-8,11-14,16H,9-10,15H2,1H3,(H,27,29)/t16-/m1/s1. The Balaban J connectivity index is 1.59. The van der Waals surface area contributed by atoms with Crippen LogP contribution >= 0.6 is 23.2 Å². The number of hydrogen-bond donors (Lipinski definition) is 1. The highest BCUT2D eigenvalue weighted by molar-refractivity contribution is 7.92. The van der Waals surface area contributed by atoms with Gasteiger partial charge in [0.15, 0.2) is 11.5 Å². The summed E-state index contributed by atoms with van der Waals surface area (Å²) in [5.74, 6) is 0.746. The minimum Gasteiger partial charge on any atom is -0.486 e. The molecular formula is C24H22Cl2N2O5S. The van der Waals surface area contributed by atoms with Gasteiger partial charge in [0.05, 0.1) is 16.6 Å². The van der Waals surface area contributed by atoms with Crippen LogP contribution in [0.15, 0.2) is 71.6 Å². The largest absolute Gasteiger partial charge is 0.486 e. The Hall–Kier alpha value is -2.94. The van der Waals surface area contributed by atoms with E-state index in [2.05, 4.69) is 5.32 Å². The van der Waals surface area contributed by atoms with Crippen molar-refractivity contribution in [3.8, 4) is 11.5 Å². The number of halogens is 2. The molecule has 3 aromatic rings. The number of fused-ring (bicyclic) bond motifs is 1. The first-order chi connectivity index (χ1) is 16.2. The van der Waals surface area contributed by atoms with Crippen molar-refractivity contribution in [2.24, 2.45) is 0 Å². The minimum absolute atomic E-state index is 0.0405. The van der Waals surface area contributed by atoms with Crippen LogP contribution in [0.5, 0.6) is 11.5 Å². The lowest BCUT2D eigenvalue weighted by Gasteiger charge is -2.26. The number of carbonyl (C=O) groups is 1. The van der Waals surface area contributed by atoms with Crippen LogP contribution in [-0.2, 0) is 14.8 Å². The second-order valence-electron chi connectivity index (χ2n) is 7.64. The number of hydrogen-bond acceptors (Lipinski definition) is 5. The molecule has 0 aromatic heterocycles. The van der Waals surface area contributed by atoms with Gasteiger partial charge in [0.2, 0.25) is 5.91 Å². The van der Waals surface area contributed by atoms with Gasteiger partial charge >= 0.3 is 0 Å². The van der Waals surface area contributed by atoms with Gasteiger partial charge in [-0.1, -0.05) is 47.5 Å². The maximum atomic E-state index is 13.4. The Kier molecular flexibility index (Phi) is 7.21. The van der Waals surface area contributed by atoms with Crippen LogP contribution in [0.2, 0.25) is 10.0 Å². The molecule has 178 valence electrons. The molecule has 34 heavy (non-hydrogen) atoms. The number of nitrogens with one attached hydrogen (secondary N) is 1. The highest BCUT2D eigenvalue weighted by Gasteiger charge is 2.28. The lowest BCUT2D eigenvalue weighted by Crippen LogP contribution is -2.41. The number of ether oxygens (including phenoxy) is 2. The number of rotatable bonds is 7. The van der Waals surface area contributed by atoms with Gasteiger partial charge in [0, 0.05) is 10.0 Å². The Morgan fingerprint density at radius 2 is 1.62 bits per heavy atom. The molecule has 1 atom stereocenters. The summed E-state index contributed by atoms with van der Waals surface area (Å²) in [4.78, 5) is 13.0. The summed E-state index contributed by atoms with van der Waals surface area (Å²) in [6, 6.07) is 17.2. The van der Waals surface area contributed by atoms with Crippen LogP contribution in [0.3, 0.4) is 0 Å². The van der Waals surface area contributed by atoms with E-state index in [4.69, 9.17) is 32.7 Å². The number of carbonyl (C=O) groups excluding carboxylic acids is 1. The molecule has 4 rings (SSSR count). The monoisotopic (exact) mass is 520 g/mol. The molecule has 0 saturated heterocycles. The average Bonchev–Trinajstić information content (AvgIpc) is 2.82. The van der Waals surface area contributed by atoms with E-state index in [1.165, 1.54) is 30.3 Å². The number of sulfonamides is 1. The van der Waals surface area contributed by atoms with Gasteiger partial charge in [0.1, 0.15) is 19.8 Å². The van der Waals surface area contributed by atoms with Gasteiger partial charge in [-0.05, 0) is 55.0 Å². The number of anilines is 1. The Morgan fingerprint density at radius 1 is 0.971 bits per heavy atom. The molecule has 1 N–H and O–H groups in total. The summed E-state index contributed by atoms with van der Waals surface area (Å²) in [5.41, 5.74) is 0.976. The smallest absolute Gasteiger partial charge is 0.264 e. The molecule has 0 spiro atoms. The van der Waals surface area contributed by atoms with Crippen molar-refractivity contribution in [1.29, 1.82) is 0 Å². The van der Waals surface area contributed by atoms with Crippen LogP contribution in [0, 0.1) is 0 Å². The maximum Gasteiger partial charge on any atom is 0.264 e.